The van der Waals surface area contributed by atoms with Crippen LogP contribution < -0.4 is 9.64 Å². The van der Waals surface area contributed by atoms with Gasteiger partial charge in [-0.1, -0.05) is 19.8 Å². The first-order valence-electron chi connectivity index (χ1n) is 15.6. The molecule has 1 aromatic carbocycles. The topological polar surface area (TPSA) is 103 Å². The summed E-state index contributed by atoms with van der Waals surface area (Å²) in [5.74, 6) is 0.370. The number of H-pyrrole nitrogens is 1. The lowest BCUT2D eigenvalue weighted by molar-refractivity contribution is 0.107. The number of pyridine rings is 1. The molecule has 8 rings (SSSR count). The number of β-amino-alcohol motifs (C(OH)–C–C–N with tert-alkyl or cyclic N) is 1. The van der Waals surface area contributed by atoms with Crippen molar-refractivity contribution in [2.75, 3.05) is 44.9 Å². The number of hydrogen-bond donors (Lipinski definition) is 2. The molecule has 44 heavy (non-hydrogen) atoms. The Morgan fingerprint density at radius 1 is 1.00 bits per heavy atom. The van der Waals surface area contributed by atoms with E-state index in [1.165, 1.54) is 37.4 Å². The molecule has 1 aliphatic carbocycles. The molecule has 3 aromatic heterocycles. The minimum Gasteiger partial charge on any atom is -0.461 e. The van der Waals surface area contributed by atoms with Crippen molar-refractivity contribution in [2.24, 2.45) is 5.92 Å². The molecular weight excluding hydrogens is 571 g/mol. The number of aliphatic hydroxyl groups excluding tert-OH is 1. The standard InChI is InChI=1S/C27H29F2N7O2.C4H8.CH3F/c28-16-10-18(19-13-31-34-21(19)11-16)23-22(29)24-20(12-30-23)25(35-7-1-4-17(37)14-35)33-26(32-24)38-15-27-5-2-8-36(27)9-3-6-27;1-4-2-3-4;1-2/h10-13,17,37H,1-9,14-15H2,(H,31,34);4H,2-3H2,1H3;1H3. The van der Waals surface area contributed by atoms with Crippen LogP contribution in [0.1, 0.15) is 58.3 Å². The number of rotatable bonds is 5. The van der Waals surface area contributed by atoms with Gasteiger partial charge in [0.25, 0.3) is 0 Å². The van der Waals surface area contributed by atoms with Crippen LogP contribution in [0.2, 0.25) is 0 Å². The second-order valence-corrected chi connectivity index (χ2v) is 12.4. The zero-order valence-corrected chi connectivity index (χ0v) is 25.3. The monoisotopic (exact) mass is 611 g/mol. The van der Waals surface area contributed by atoms with E-state index in [2.05, 4.69) is 32.0 Å². The summed E-state index contributed by atoms with van der Waals surface area (Å²) in [7, 11) is 0.500. The molecule has 0 spiro atoms. The minimum absolute atomic E-state index is 0.0177. The first-order valence-corrected chi connectivity index (χ1v) is 15.6. The highest BCUT2D eigenvalue weighted by atomic mass is 19.1. The van der Waals surface area contributed by atoms with E-state index in [1.54, 1.807) is 0 Å². The molecule has 1 unspecified atom stereocenters. The smallest absolute Gasteiger partial charge is 0.319 e. The van der Waals surface area contributed by atoms with Gasteiger partial charge in [-0.05, 0) is 69.7 Å². The Morgan fingerprint density at radius 3 is 2.45 bits per heavy atom. The predicted molar refractivity (Wildman–Crippen MR) is 163 cm³/mol. The maximum atomic E-state index is 16.2. The molecule has 3 aliphatic heterocycles. The number of anilines is 1. The van der Waals surface area contributed by atoms with E-state index in [4.69, 9.17) is 9.72 Å². The lowest BCUT2D eigenvalue weighted by atomic mass is 9.95. The van der Waals surface area contributed by atoms with Gasteiger partial charge in [-0.2, -0.15) is 15.1 Å². The van der Waals surface area contributed by atoms with E-state index in [9.17, 15) is 13.9 Å². The zero-order valence-electron chi connectivity index (χ0n) is 25.3. The molecule has 1 saturated carbocycles. The number of aromatic amines is 1. The second kappa shape index (κ2) is 12.8. The third kappa shape index (κ3) is 6.06. The molecule has 0 amide bonds. The number of ether oxygens (including phenoxy) is 1. The summed E-state index contributed by atoms with van der Waals surface area (Å²) in [5, 5.41) is 18.0. The third-order valence-electron chi connectivity index (χ3n) is 9.27. The molecule has 236 valence electrons. The molecule has 9 nitrogen and oxygen atoms in total. The summed E-state index contributed by atoms with van der Waals surface area (Å²) in [6, 6.07) is 2.67. The summed E-state index contributed by atoms with van der Waals surface area (Å²) >= 11 is 0. The molecule has 6 heterocycles. The quantitative estimate of drug-likeness (QED) is 0.291. The van der Waals surface area contributed by atoms with Gasteiger partial charge in [-0.15, -0.1) is 0 Å². The number of aromatic nitrogens is 5. The maximum absolute atomic E-state index is 16.2. The van der Waals surface area contributed by atoms with Crippen molar-refractivity contribution in [3.8, 4) is 17.3 Å². The van der Waals surface area contributed by atoms with Gasteiger partial charge in [-0.3, -0.25) is 19.4 Å². The second-order valence-electron chi connectivity index (χ2n) is 12.4. The highest BCUT2D eigenvalue weighted by Gasteiger charge is 2.45. The van der Waals surface area contributed by atoms with E-state index >= 15 is 4.39 Å². The molecule has 0 radical (unpaired) electrons. The van der Waals surface area contributed by atoms with Gasteiger partial charge in [0, 0.05) is 30.2 Å². The van der Waals surface area contributed by atoms with Crippen molar-refractivity contribution in [1.29, 1.82) is 0 Å². The molecular formula is C32H40F3N7O2. The molecule has 4 fully saturated rings. The van der Waals surface area contributed by atoms with E-state index in [1.807, 2.05) is 4.90 Å². The van der Waals surface area contributed by atoms with Crippen LogP contribution in [0.4, 0.5) is 19.0 Å². The van der Waals surface area contributed by atoms with Gasteiger partial charge in [0.1, 0.15) is 29.5 Å². The van der Waals surface area contributed by atoms with Crippen molar-refractivity contribution < 1.29 is 23.0 Å². The number of hydrogen-bond acceptors (Lipinski definition) is 8. The predicted octanol–water partition coefficient (Wildman–Crippen LogP) is 5.82. The van der Waals surface area contributed by atoms with Crippen molar-refractivity contribution in [3.05, 3.63) is 36.2 Å². The van der Waals surface area contributed by atoms with Gasteiger partial charge in [0.05, 0.1) is 35.9 Å². The van der Waals surface area contributed by atoms with Crippen LogP contribution in [0.5, 0.6) is 6.01 Å². The fraction of sp³-hybridized carbons (Fsp3) is 0.562. The van der Waals surface area contributed by atoms with Crippen LogP contribution in [-0.4, -0.2) is 86.8 Å². The Kier molecular flexibility index (Phi) is 8.91. The van der Waals surface area contributed by atoms with E-state index in [-0.39, 0.29) is 28.3 Å². The molecule has 0 bridgehead atoms. The number of aliphatic hydroxyl groups is 1. The fourth-order valence-corrected chi connectivity index (χ4v) is 6.70. The summed E-state index contributed by atoms with van der Waals surface area (Å²) < 4.78 is 46.4. The molecule has 3 saturated heterocycles. The van der Waals surface area contributed by atoms with Gasteiger partial charge in [0.15, 0.2) is 5.82 Å². The lowest BCUT2D eigenvalue weighted by Crippen LogP contribution is -2.43. The summed E-state index contributed by atoms with van der Waals surface area (Å²) in [5.41, 5.74) is 0.761. The Balaban J connectivity index is 0.000000522. The van der Waals surface area contributed by atoms with Crippen LogP contribution in [0, 0.1) is 17.6 Å². The van der Waals surface area contributed by atoms with E-state index in [0.29, 0.717) is 55.4 Å². The zero-order chi connectivity index (χ0) is 30.8. The molecule has 1 atom stereocenters. The van der Waals surface area contributed by atoms with Gasteiger partial charge >= 0.3 is 6.01 Å². The summed E-state index contributed by atoms with van der Waals surface area (Å²) in [6.45, 7) is 5.91. The normalized spacial score (nSPS) is 21.0. The fourth-order valence-electron chi connectivity index (χ4n) is 6.70. The Labute approximate surface area is 254 Å². The van der Waals surface area contributed by atoms with Crippen LogP contribution >= 0.6 is 0 Å². The number of benzene rings is 1. The minimum atomic E-state index is -0.678. The summed E-state index contributed by atoms with van der Waals surface area (Å²) in [4.78, 5) is 18.1. The van der Waals surface area contributed by atoms with Gasteiger partial charge in [0.2, 0.25) is 0 Å². The van der Waals surface area contributed by atoms with Crippen molar-refractivity contribution >= 4 is 27.6 Å². The molecule has 4 aliphatic rings. The number of nitrogens with one attached hydrogen (secondary N) is 1. The van der Waals surface area contributed by atoms with Crippen LogP contribution in [-0.2, 0) is 0 Å². The van der Waals surface area contributed by atoms with Crippen molar-refractivity contribution in [1.82, 2.24) is 30.0 Å². The number of halogens is 3. The Hall–Kier alpha value is -3.51. The van der Waals surface area contributed by atoms with Crippen LogP contribution in [0.3, 0.4) is 0 Å². The first kappa shape index (κ1) is 30.5. The Morgan fingerprint density at radius 2 is 1.75 bits per heavy atom. The average Bonchev–Trinajstić information content (AvgIpc) is 3.36. The third-order valence-corrected chi connectivity index (χ3v) is 9.27. The number of nitrogens with zero attached hydrogens (tertiary/aromatic N) is 6. The van der Waals surface area contributed by atoms with Gasteiger partial charge in [-0.25, -0.2) is 8.78 Å². The number of alkyl halides is 1. The number of fused-ring (bicyclic) bond motifs is 3. The molecule has 12 heteroatoms. The highest BCUT2D eigenvalue weighted by molar-refractivity contribution is 5.97. The number of piperidine rings is 1. The van der Waals surface area contributed by atoms with Crippen molar-refractivity contribution in [2.45, 2.75) is 69.9 Å². The Bertz CT molecular complexity index is 1600. The summed E-state index contributed by atoms with van der Waals surface area (Å²) in [6.07, 6.45) is 11.4. The lowest BCUT2D eigenvalue weighted by Gasteiger charge is -2.33. The highest BCUT2D eigenvalue weighted by Crippen LogP contribution is 2.40. The molecule has 2 N–H and O–H groups in total. The van der Waals surface area contributed by atoms with E-state index in [0.717, 1.165) is 51.1 Å². The largest absolute Gasteiger partial charge is 0.461 e. The average molecular weight is 612 g/mol. The SMILES string of the molecule is CC1CC1.CF.OC1CCCN(c2nc(OCC34CCCN3CCC4)nc3c(F)c(-c4cc(F)cc5[nH]ncc45)ncc23)C1. The van der Waals surface area contributed by atoms with Gasteiger partial charge < -0.3 is 14.7 Å². The van der Waals surface area contributed by atoms with Crippen LogP contribution in [0.15, 0.2) is 24.5 Å². The maximum Gasteiger partial charge on any atom is 0.319 e. The first-order chi connectivity index (χ1) is 21.4. The molecule has 4 aromatic rings. The van der Waals surface area contributed by atoms with Crippen molar-refractivity contribution in [3.63, 3.8) is 0 Å². The van der Waals surface area contributed by atoms with E-state index < -0.39 is 17.7 Å². The van der Waals surface area contributed by atoms with Crippen LogP contribution in [0.25, 0.3) is 33.1 Å².